The number of carbonyl (C=O) groups is 3. The molecule has 10 nitrogen and oxygen atoms in total. The van der Waals surface area contributed by atoms with Gasteiger partial charge in [0.1, 0.15) is 23.8 Å². The largest absolute Gasteiger partial charge is 0.508 e. The molecule has 0 saturated carbocycles. The summed E-state index contributed by atoms with van der Waals surface area (Å²) in [6, 6.07) is 28.8. The van der Waals surface area contributed by atoms with Crippen LogP contribution in [0.2, 0.25) is 0 Å². The highest BCUT2D eigenvalue weighted by Crippen LogP contribution is 2.32. The maximum Gasteiger partial charge on any atom is 0.334 e. The lowest BCUT2D eigenvalue weighted by Gasteiger charge is -2.55. The highest BCUT2D eigenvalue weighted by atomic mass is 19.1. The van der Waals surface area contributed by atoms with Gasteiger partial charge in [-0.15, -0.1) is 6.58 Å². The van der Waals surface area contributed by atoms with E-state index in [0.717, 1.165) is 27.6 Å². The van der Waals surface area contributed by atoms with Gasteiger partial charge in [-0.05, 0) is 53.1 Å². The van der Waals surface area contributed by atoms with Crippen molar-refractivity contribution in [2.45, 2.75) is 31.7 Å². The third kappa shape index (κ3) is 6.42. The van der Waals surface area contributed by atoms with Crippen LogP contribution in [0.15, 0.2) is 122 Å². The molecule has 254 valence electrons. The fourth-order valence-corrected chi connectivity index (χ4v) is 6.97. The Morgan fingerprint density at radius 1 is 0.940 bits per heavy atom. The number of amides is 4. The predicted molar refractivity (Wildman–Crippen MR) is 187 cm³/mol. The summed E-state index contributed by atoms with van der Waals surface area (Å²) in [7, 11) is 0. The van der Waals surface area contributed by atoms with Gasteiger partial charge in [-0.3, -0.25) is 9.59 Å². The van der Waals surface area contributed by atoms with Crippen LogP contribution < -0.4 is 5.32 Å². The first kappa shape index (κ1) is 32.6. The number of fused-ring (bicyclic) bond motifs is 2. The van der Waals surface area contributed by atoms with Gasteiger partial charge in [0.05, 0.1) is 18.6 Å². The minimum absolute atomic E-state index is 0.0581. The van der Waals surface area contributed by atoms with E-state index in [9.17, 15) is 23.9 Å². The summed E-state index contributed by atoms with van der Waals surface area (Å²) in [4.78, 5) is 45.8. The summed E-state index contributed by atoms with van der Waals surface area (Å²) in [5.41, 5.74) is 4.01. The van der Waals surface area contributed by atoms with E-state index in [1.165, 1.54) is 12.1 Å². The van der Waals surface area contributed by atoms with Gasteiger partial charge in [0, 0.05) is 43.3 Å². The molecule has 2 N–H and O–H groups in total. The quantitative estimate of drug-likeness (QED) is 0.210. The molecule has 0 bridgehead atoms. The smallest absolute Gasteiger partial charge is 0.334 e. The van der Waals surface area contributed by atoms with E-state index in [1.807, 2.05) is 71.4 Å². The fourth-order valence-electron chi connectivity index (χ4n) is 6.97. The molecule has 0 spiro atoms. The molecule has 11 heteroatoms. The van der Waals surface area contributed by atoms with Crippen LogP contribution in [0, 0.1) is 5.82 Å². The van der Waals surface area contributed by atoms with E-state index in [2.05, 4.69) is 11.9 Å². The molecule has 2 aliphatic heterocycles. The number of phenols is 1. The number of carbonyl (C=O) groups excluding carboxylic acids is 3. The second-order valence-corrected chi connectivity index (χ2v) is 12.5. The lowest BCUT2D eigenvalue weighted by atomic mass is 9.98. The summed E-state index contributed by atoms with van der Waals surface area (Å²) in [5, 5.41) is 17.0. The zero-order valence-electron chi connectivity index (χ0n) is 27.4. The van der Waals surface area contributed by atoms with Crippen molar-refractivity contribution >= 4 is 28.7 Å². The number of aromatic nitrogens is 1. The molecule has 4 amide bonds. The maximum atomic E-state index is 14.5. The van der Waals surface area contributed by atoms with Gasteiger partial charge < -0.3 is 24.8 Å². The van der Waals surface area contributed by atoms with Crippen LogP contribution in [-0.4, -0.2) is 79.2 Å². The molecule has 2 fully saturated rings. The van der Waals surface area contributed by atoms with Crippen molar-refractivity contribution in [2.75, 3.05) is 19.6 Å². The Labute approximate surface area is 289 Å². The Balaban J connectivity index is 1.27. The monoisotopic (exact) mass is 672 g/mol. The maximum absolute atomic E-state index is 14.5. The number of hydrogen-bond acceptors (Lipinski definition) is 5. The topological polar surface area (TPSA) is 101 Å². The minimum Gasteiger partial charge on any atom is -0.508 e. The number of nitrogens with zero attached hydrogens (tertiary/aromatic N) is 5. The summed E-state index contributed by atoms with van der Waals surface area (Å²) < 4.78 is 16.2. The van der Waals surface area contributed by atoms with Gasteiger partial charge in [-0.1, -0.05) is 72.8 Å². The molecule has 5 aromatic rings. The number of halogens is 1. The third-order valence-electron chi connectivity index (χ3n) is 9.27. The number of piperazine rings is 1. The van der Waals surface area contributed by atoms with E-state index in [1.54, 1.807) is 56.2 Å². The number of para-hydroxylation sites is 1. The number of urea groups is 1. The fraction of sp³-hybridized carbons (Fsp3) is 0.205. The van der Waals surface area contributed by atoms with E-state index in [4.69, 9.17) is 0 Å². The molecule has 2 atom stereocenters. The molecule has 4 aromatic carbocycles. The Hall–Kier alpha value is -5.94. The van der Waals surface area contributed by atoms with Crippen molar-refractivity contribution in [2.24, 2.45) is 0 Å². The average molecular weight is 673 g/mol. The molecule has 7 rings (SSSR count). The number of nitrogens with one attached hydrogen (secondary N) is 1. The number of hydrogen-bond donors (Lipinski definition) is 2. The van der Waals surface area contributed by atoms with Crippen molar-refractivity contribution in [1.82, 2.24) is 29.7 Å². The minimum atomic E-state index is -0.919. The second kappa shape index (κ2) is 13.9. The molecule has 0 aliphatic carbocycles. The number of hydrazine groups is 1. The number of rotatable bonds is 9. The number of benzene rings is 4. The van der Waals surface area contributed by atoms with Gasteiger partial charge in [0.2, 0.25) is 11.8 Å². The Morgan fingerprint density at radius 3 is 2.46 bits per heavy atom. The standard InChI is InChI=1S/C39H37FN6O4/c1-2-19-43-26-37(48)45-35(20-27-15-17-32(47)18-16-27)38(49)42(25-36(45)46(43)39(50)41-22-28-9-4-3-5-10-28)23-29-24-44(31-12-8-11-30(40)21-31)34-14-7-6-13-33(29)34/h2-18,21,24,35-36,47H,1,19-20,22-23,25-26H2,(H,41,50)/t35-,36-/m0/s1. The SMILES string of the molecule is C=CCN1CC(=O)N2[C@@H](Cc3ccc(O)cc3)C(=O)N(Cc3cn(-c4cccc(F)c4)c4ccccc34)C[C@@H]2N1C(=O)NCc1ccccc1. The van der Waals surface area contributed by atoms with E-state index < -0.39 is 18.2 Å². The first-order valence-corrected chi connectivity index (χ1v) is 16.5. The van der Waals surface area contributed by atoms with Crippen molar-refractivity contribution < 1.29 is 23.9 Å². The lowest BCUT2D eigenvalue weighted by Crippen LogP contribution is -2.76. The molecule has 0 radical (unpaired) electrons. The summed E-state index contributed by atoms with van der Waals surface area (Å²) in [6.45, 7) is 4.51. The summed E-state index contributed by atoms with van der Waals surface area (Å²) in [6.07, 6.45) is 2.92. The van der Waals surface area contributed by atoms with Crippen LogP contribution in [0.1, 0.15) is 16.7 Å². The van der Waals surface area contributed by atoms with Crippen LogP contribution in [0.3, 0.4) is 0 Å². The van der Waals surface area contributed by atoms with Gasteiger partial charge in [0.25, 0.3) is 0 Å². The van der Waals surface area contributed by atoms with Crippen LogP contribution in [0.4, 0.5) is 9.18 Å². The van der Waals surface area contributed by atoms with E-state index in [0.29, 0.717) is 5.69 Å². The summed E-state index contributed by atoms with van der Waals surface area (Å²) >= 11 is 0. The second-order valence-electron chi connectivity index (χ2n) is 12.5. The highest BCUT2D eigenvalue weighted by Gasteiger charge is 2.51. The Bertz CT molecular complexity index is 2050. The van der Waals surface area contributed by atoms with Crippen molar-refractivity contribution in [3.05, 3.63) is 144 Å². The molecule has 2 aliphatic rings. The zero-order chi connectivity index (χ0) is 34.8. The van der Waals surface area contributed by atoms with Crippen LogP contribution in [-0.2, 0) is 29.1 Å². The van der Waals surface area contributed by atoms with Crippen LogP contribution in [0.25, 0.3) is 16.6 Å². The lowest BCUT2D eigenvalue weighted by molar-refractivity contribution is -0.189. The van der Waals surface area contributed by atoms with Crippen molar-refractivity contribution in [1.29, 1.82) is 0 Å². The van der Waals surface area contributed by atoms with Crippen molar-refractivity contribution in [3.8, 4) is 11.4 Å². The first-order valence-electron chi connectivity index (χ1n) is 16.5. The third-order valence-corrected chi connectivity index (χ3v) is 9.27. The number of phenolic OH excluding ortho intramolecular Hbond substituents is 1. The Morgan fingerprint density at radius 2 is 1.70 bits per heavy atom. The molecule has 2 saturated heterocycles. The zero-order valence-corrected chi connectivity index (χ0v) is 27.4. The molecule has 3 heterocycles. The summed E-state index contributed by atoms with van der Waals surface area (Å²) in [5.74, 6) is -0.800. The van der Waals surface area contributed by atoms with Gasteiger partial charge in [0.15, 0.2) is 0 Å². The molecule has 0 unspecified atom stereocenters. The highest BCUT2D eigenvalue weighted by molar-refractivity contribution is 5.92. The van der Waals surface area contributed by atoms with Gasteiger partial charge in [-0.2, -0.15) is 0 Å². The average Bonchev–Trinajstić information content (AvgIpc) is 3.48. The number of aromatic hydroxyl groups is 1. The molecular weight excluding hydrogens is 635 g/mol. The van der Waals surface area contributed by atoms with Crippen LogP contribution in [0.5, 0.6) is 5.75 Å². The van der Waals surface area contributed by atoms with E-state index >= 15 is 0 Å². The Kier molecular flexibility index (Phi) is 9.05. The predicted octanol–water partition coefficient (Wildman–Crippen LogP) is 5.21. The molecule has 50 heavy (non-hydrogen) atoms. The van der Waals surface area contributed by atoms with Crippen LogP contribution >= 0.6 is 0 Å². The molecule has 1 aromatic heterocycles. The normalized spacial score (nSPS) is 18.0. The van der Waals surface area contributed by atoms with Crippen molar-refractivity contribution in [3.63, 3.8) is 0 Å². The van der Waals surface area contributed by atoms with E-state index in [-0.39, 0.29) is 62.5 Å². The molecular formula is C39H37FN6O4. The van der Waals surface area contributed by atoms with Gasteiger partial charge >= 0.3 is 6.03 Å². The first-order chi connectivity index (χ1) is 24.3. The van der Waals surface area contributed by atoms with Gasteiger partial charge in [-0.25, -0.2) is 19.2 Å².